The average molecular weight is 462 g/mol. The van der Waals surface area contributed by atoms with Gasteiger partial charge < -0.3 is 10.6 Å². The van der Waals surface area contributed by atoms with Crippen LogP contribution >= 0.6 is 23.2 Å². The summed E-state index contributed by atoms with van der Waals surface area (Å²) in [4.78, 5) is 12.4. The van der Waals surface area contributed by atoms with E-state index in [4.69, 9.17) is 23.2 Å². The Morgan fingerprint density at radius 2 is 1.72 bits per heavy atom. The summed E-state index contributed by atoms with van der Waals surface area (Å²) < 4.78 is 27.6. The van der Waals surface area contributed by atoms with Crippen LogP contribution in [0.15, 0.2) is 23.1 Å². The van der Waals surface area contributed by atoms with E-state index in [2.05, 4.69) is 10.6 Å². The molecule has 1 aromatic carbocycles. The third-order valence-electron chi connectivity index (χ3n) is 5.74. The molecule has 162 valence electrons. The van der Waals surface area contributed by atoms with Crippen molar-refractivity contribution in [1.82, 2.24) is 14.9 Å². The van der Waals surface area contributed by atoms with Gasteiger partial charge in [-0.15, -0.1) is 0 Å². The molecule has 2 N–H and O–H groups in total. The number of benzene rings is 1. The number of nitrogens with zero attached hydrogens (tertiary/aromatic N) is 1. The van der Waals surface area contributed by atoms with E-state index in [1.165, 1.54) is 41.8 Å². The number of hydrogen-bond donors (Lipinski definition) is 2. The number of amides is 2. The van der Waals surface area contributed by atoms with Gasteiger partial charge in [-0.1, -0.05) is 55.3 Å². The minimum absolute atomic E-state index is 0.0504. The van der Waals surface area contributed by atoms with Crippen LogP contribution in [0.5, 0.6) is 0 Å². The molecule has 1 heterocycles. The van der Waals surface area contributed by atoms with Gasteiger partial charge >= 0.3 is 6.03 Å². The van der Waals surface area contributed by atoms with Crippen LogP contribution in [-0.4, -0.2) is 43.9 Å². The molecule has 1 aromatic rings. The zero-order chi connectivity index (χ0) is 20.9. The average Bonchev–Trinajstić information content (AvgIpc) is 3.11. The van der Waals surface area contributed by atoms with Crippen molar-refractivity contribution < 1.29 is 13.2 Å². The molecule has 2 aliphatic rings. The lowest BCUT2D eigenvalue weighted by molar-refractivity contribution is 0.231. The molecule has 0 spiro atoms. The van der Waals surface area contributed by atoms with Gasteiger partial charge in [0, 0.05) is 30.2 Å². The quantitative estimate of drug-likeness (QED) is 0.674. The summed E-state index contributed by atoms with van der Waals surface area (Å²) >= 11 is 12.0. The molecule has 29 heavy (non-hydrogen) atoms. The van der Waals surface area contributed by atoms with Crippen molar-refractivity contribution in [2.75, 3.05) is 13.1 Å². The van der Waals surface area contributed by atoms with Crippen LogP contribution in [0.1, 0.15) is 57.8 Å². The number of hydrogen-bond acceptors (Lipinski definition) is 3. The Labute approximate surface area is 183 Å². The fourth-order valence-electron chi connectivity index (χ4n) is 4.19. The van der Waals surface area contributed by atoms with Gasteiger partial charge in [0.05, 0.1) is 5.02 Å². The maximum atomic E-state index is 13.1. The molecule has 0 radical (unpaired) electrons. The molecule has 1 aliphatic heterocycles. The van der Waals surface area contributed by atoms with E-state index in [1.807, 2.05) is 0 Å². The molecule has 0 bridgehead atoms. The molecule has 3 rings (SSSR count). The Morgan fingerprint density at radius 3 is 2.41 bits per heavy atom. The van der Waals surface area contributed by atoms with E-state index in [0.717, 1.165) is 32.1 Å². The molecule has 0 aromatic heterocycles. The summed E-state index contributed by atoms with van der Waals surface area (Å²) in [5.74, 6) is 0. The second-order valence-electron chi connectivity index (χ2n) is 7.88. The van der Waals surface area contributed by atoms with Crippen molar-refractivity contribution in [3.8, 4) is 0 Å². The van der Waals surface area contributed by atoms with Crippen molar-refractivity contribution in [3.63, 3.8) is 0 Å². The lowest BCUT2D eigenvalue weighted by Gasteiger charge is -2.26. The van der Waals surface area contributed by atoms with Gasteiger partial charge in [-0.05, 0) is 43.9 Å². The Hall–Kier alpha value is -1.02. The fourth-order valence-corrected chi connectivity index (χ4v) is 6.63. The predicted molar refractivity (Wildman–Crippen MR) is 116 cm³/mol. The number of carbonyl (C=O) groups is 1. The summed E-state index contributed by atoms with van der Waals surface area (Å²) in [6, 6.07) is 4.09. The fraction of sp³-hybridized carbons (Fsp3) is 0.650. The lowest BCUT2D eigenvalue weighted by Crippen LogP contribution is -2.48. The van der Waals surface area contributed by atoms with Gasteiger partial charge in [0.15, 0.2) is 0 Å². The third-order valence-corrected chi connectivity index (χ3v) is 8.41. The molecule has 1 atom stereocenters. The Bertz CT molecular complexity index is 811. The monoisotopic (exact) mass is 461 g/mol. The van der Waals surface area contributed by atoms with Crippen molar-refractivity contribution in [2.45, 2.75) is 74.8 Å². The second kappa shape index (κ2) is 10.3. The van der Waals surface area contributed by atoms with Crippen LogP contribution in [0, 0.1) is 0 Å². The zero-order valence-electron chi connectivity index (χ0n) is 16.5. The summed E-state index contributed by atoms with van der Waals surface area (Å²) in [5, 5.41) is 6.43. The standard InChI is InChI=1S/C20H29Cl2N3O3S/c21-15-10-11-19(18(22)13-15)29(27,28)25-12-6-9-17(25)14-23-20(26)24-16-7-4-2-1-3-5-8-16/h10-11,13,16-17H,1-9,12,14H2,(H2,23,24,26). The van der Waals surface area contributed by atoms with Crippen LogP contribution in [0.2, 0.25) is 10.0 Å². The van der Waals surface area contributed by atoms with Crippen molar-refractivity contribution in [3.05, 3.63) is 28.2 Å². The van der Waals surface area contributed by atoms with E-state index in [1.54, 1.807) is 0 Å². The number of halogens is 2. The highest BCUT2D eigenvalue weighted by Crippen LogP contribution is 2.31. The molecule has 1 saturated carbocycles. The predicted octanol–water partition coefficient (Wildman–Crippen LogP) is 4.56. The first-order chi connectivity index (χ1) is 13.9. The topological polar surface area (TPSA) is 78.5 Å². The zero-order valence-corrected chi connectivity index (χ0v) is 18.8. The summed E-state index contributed by atoms with van der Waals surface area (Å²) in [6.07, 6.45) is 9.48. The van der Waals surface area contributed by atoms with E-state index in [0.29, 0.717) is 18.0 Å². The molecule has 1 aliphatic carbocycles. The minimum Gasteiger partial charge on any atom is -0.337 e. The van der Waals surface area contributed by atoms with Crippen molar-refractivity contribution >= 4 is 39.3 Å². The van der Waals surface area contributed by atoms with Crippen molar-refractivity contribution in [2.24, 2.45) is 0 Å². The van der Waals surface area contributed by atoms with Gasteiger partial charge in [-0.25, -0.2) is 13.2 Å². The summed E-state index contributed by atoms with van der Waals surface area (Å²) in [7, 11) is -3.75. The van der Waals surface area contributed by atoms with E-state index >= 15 is 0 Å². The first-order valence-corrected chi connectivity index (χ1v) is 12.6. The minimum atomic E-state index is -3.75. The molecule has 6 nitrogen and oxygen atoms in total. The number of rotatable bonds is 5. The van der Waals surface area contributed by atoms with Crippen molar-refractivity contribution in [1.29, 1.82) is 0 Å². The van der Waals surface area contributed by atoms with Gasteiger partial charge in [-0.3, -0.25) is 0 Å². The first kappa shape index (κ1) is 22.7. The third kappa shape index (κ3) is 6.00. The number of carbonyl (C=O) groups excluding carboxylic acids is 1. The molecule has 1 unspecified atom stereocenters. The normalized spacial score (nSPS) is 22.1. The smallest absolute Gasteiger partial charge is 0.315 e. The molecule has 2 amide bonds. The maximum absolute atomic E-state index is 13.1. The highest BCUT2D eigenvalue weighted by atomic mass is 35.5. The lowest BCUT2D eigenvalue weighted by atomic mass is 9.97. The first-order valence-electron chi connectivity index (χ1n) is 10.4. The van der Waals surface area contributed by atoms with E-state index < -0.39 is 10.0 Å². The van der Waals surface area contributed by atoms with E-state index in [-0.39, 0.29) is 34.6 Å². The molecular formula is C20H29Cl2N3O3S. The highest BCUT2D eigenvalue weighted by molar-refractivity contribution is 7.89. The van der Waals surface area contributed by atoms with Gasteiger partial charge in [0.2, 0.25) is 10.0 Å². The van der Waals surface area contributed by atoms with Gasteiger partial charge in [0.25, 0.3) is 0 Å². The Morgan fingerprint density at radius 1 is 1.03 bits per heavy atom. The summed E-state index contributed by atoms with van der Waals surface area (Å²) in [5.41, 5.74) is 0. The highest BCUT2D eigenvalue weighted by Gasteiger charge is 2.36. The van der Waals surface area contributed by atoms with Crippen LogP contribution < -0.4 is 10.6 Å². The number of urea groups is 1. The molecule has 2 fully saturated rings. The van der Waals surface area contributed by atoms with Gasteiger partial charge in [0.1, 0.15) is 4.90 Å². The molecule has 9 heteroatoms. The van der Waals surface area contributed by atoms with Crippen LogP contribution in [0.3, 0.4) is 0 Å². The van der Waals surface area contributed by atoms with Crippen LogP contribution in [0.25, 0.3) is 0 Å². The van der Waals surface area contributed by atoms with Crippen LogP contribution in [0.4, 0.5) is 4.79 Å². The SMILES string of the molecule is O=C(NCC1CCCN1S(=O)(=O)c1ccc(Cl)cc1Cl)NC1CCCCCCC1. The number of nitrogens with one attached hydrogen (secondary N) is 2. The number of sulfonamides is 1. The maximum Gasteiger partial charge on any atom is 0.315 e. The Balaban J connectivity index is 1.58. The second-order valence-corrected chi connectivity index (χ2v) is 10.6. The van der Waals surface area contributed by atoms with Crippen LogP contribution in [-0.2, 0) is 10.0 Å². The molecular weight excluding hydrogens is 433 g/mol. The Kier molecular flexibility index (Phi) is 8.07. The van der Waals surface area contributed by atoms with Gasteiger partial charge in [-0.2, -0.15) is 4.31 Å². The molecule has 1 saturated heterocycles. The van der Waals surface area contributed by atoms with E-state index in [9.17, 15) is 13.2 Å². The summed E-state index contributed by atoms with van der Waals surface area (Å²) in [6.45, 7) is 0.695. The largest absolute Gasteiger partial charge is 0.337 e.